The van der Waals surface area contributed by atoms with Crippen LogP contribution in [0.25, 0.3) is 0 Å². The Hall–Kier alpha value is -0.440. The number of hydrogen-bond acceptors (Lipinski definition) is 2. The Morgan fingerprint density at radius 1 is 1.27 bits per heavy atom. The van der Waals surface area contributed by atoms with Crippen LogP contribution in [-0.4, -0.2) is 19.1 Å². The predicted octanol–water partition coefficient (Wildman–Crippen LogP) is 3.17. The summed E-state index contributed by atoms with van der Waals surface area (Å²) in [6.07, 6.45) is 0. The molecular formula is C11H16Cl2N2. The van der Waals surface area contributed by atoms with Crippen LogP contribution in [-0.2, 0) is 0 Å². The molecule has 0 aliphatic carbocycles. The van der Waals surface area contributed by atoms with E-state index in [1.54, 1.807) is 6.07 Å². The third-order valence-corrected chi connectivity index (χ3v) is 2.83. The van der Waals surface area contributed by atoms with E-state index in [1.807, 2.05) is 12.1 Å². The molecule has 0 aliphatic rings. The monoisotopic (exact) mass is 246 g/mol. The van der Waals surface area contributed by atoms with Crippen molar-refractivity contribution in [3.05, 3.63) is 28.2 Å². The van der Waals surface area contributed by atoms with Gasteiger partial charge < -0.3 is 10.6 Å². The summed E-state index contributed by atoms with van der Waals surface area (Å²) >= 11 is 11.9. The van der Waals surface area contributed by atoms with Gasteiger partial charge in [-0.1, -0.05) is 23.2 Å². The highest BCUT2D eigenvalue weighted by molar-refractivity contribution is 6.35. The molecule has 0 radical (unpaired) electrons. The van der Waals surface area contributed by atoms with E-state index in [1.165, 1.54) is 0 Å². The molecule has 0 spiro atoms. The minimum atomic E-state index is 0.282. The van der Waals surface area contributed by atoms with Crippen molar-refractivity contribution in [1.29, 1.82) is 0 Å². The highest BCUT2D eigenvalue weighted by atomic mass is 35.5. The number of benzene rings is 1. The van der Waals surface area contributed by atoms with Gasteiger partial charge in [0.2, 0.25) is 0 Å². The van der Waals surface area contributed by atoms with Gasteiger partial charge in [-0.05, 0) is 32.0 Å². The molecule has 0 aliphatic heterocycles. The van der Waals surface area contributed by atoms with E-state index in [2.05, 4.69) is 18.7 Å². The molecule has 0 saturated carbocycles. The molecule has 2 N–H and O–H groups in total. The minimum absolute atomic E-state index is 0.282. The first-order valence-electron chi connectivity index (χ1n) is 5.01. The molecule has 0 bridgehead atoms. The topological polar surface area (TPSA) is 29.3 Å². The Kier molecular flexibility index (Phi) is 4.71. The fourth-order valence-electron chi connectivity index (χ4n) is 1.58. The van der Waals surface area contributed by atoms with Gasteiger partial charge in [-0.2, -0.15) is 0 Å². The van der Waals surface area contributed by atoms with E-state index in [0.717, 1.165) is 12.2 Å². The summed E-state index contributed by atoms with van der Waals surface area (Å²) in [5, 5.41) is 1.31. The van der Waals surface area contributed by atoms with Crippen LogP contribution in [0.2, 0.25) is 10.0 Å². The van der Waals surface area contributed by atoms with Crippen molar-refractivity contribution in [2.75, 3.05) is 18.0 Å². The molecule has 15 heavy (non-hydrogen) atoms. The van der Waals surface area contributed by atoms with Gasteiger partial charge in [0.25, 0.3) is 0 Å². The Balaban J connectivity index is 3.01. The number of hydrogen-bond donors (Lipinski definition) is 1. The van der Waals surface area contributed by atoms with Gasteiger partial charge in [0.05, 0.1) is 0 Å². The van der Waals surface area contributed by atoms with Crippen molar-refractivity contribution >= 4 is 28.9 Å². The summed E-state index contributed by atoms with van der Waals surface area (Å²) in [5.41, 5.74) is 6.68. The lowest BCUT2D eigenvalue weighted by Gasteiger charge is -2.29. The molecule has 0 aromatic heterocycles. The van der Waals surface area contributed by atoms with Crippen LogP contribution in [0.3, 0.4) is 0 Å². The standard InChI is InChI=1S/C11H16Cl2N2/c1-3-15(8(2)7-14)11-5-9(12)4-10(13)6-11/h4-6,8H,3,7,14H2,1-2H3. The summed E-state index contributed by atoms with van der Waals surface area (Å²) in [4.78, 5) is 2.18. The maximum absolute atomic E-state index is 5.96. The van der Waals surface area contributed by atoms with Gasteiger partial charge in [0.1, 0.15) is 0 Å². The first-order chi connectivity index (χ1) is 7.08. The Morgan fingerprint density at radius 3 is 2.20 bits per heavy atom. The van der Waals surface area contributed by atoms with Crippen LogP contribution in [0, 0.1) is 0 Å². The number of nitrogens with two attached hydrogens (primary N) is 1. The lowest BCUT2D eigenvalue weighted by atomic mass is 10.2. The van der Waals surface area contributed by atoms with Crippen molar-refractivity contribution in [1.82, 2.24) is 0 Å². The van der Waals surface area contributed by atoms with Crippen LogP contribution < -0.4 is 10.6 Å². The van der Waals surface area contributed by atoms with Crippen molar-refractivity contribution in [3.8, 4) is 0 Å². The van der Waals surface area contributed by atoms with Crippen LogP contribution in [0.5, 0.6) is 0 Å². The van der Waals surface area contributed by atoms with E-state index >= 15 is 0 Å². The van der Waals surface area contributed by atoms with E-state index in [4.69, 9.17) is 28.9 Å². The summed E-state index contributed by atoms with van der Waals surface area (Å²) in [7, 11) is 0. The lowest BCUT2D eigenvalue weighted by Crippen LogP contribution is -2.38. The average molecular weight is 247 g/mol. The van der Waals surface area contributed by atoms with Gasteiger partial charge in [-0.15, -0.1) is 0 Å². The molecule has 0 fully saturated rings. The number of rotatable bonds is 4. The summed E-state index contributed by atoms with van der Waals surface area (Å²) in [6, 6.07) is 5.82. The molecule has 2 nitrogen and oxygen atoms in total. The molecule has 4 heteroatoms. The summed E-state index contributed by atoms with van der Waals surface area (Å²) in [6.45, 7) is 5.66. The predicted molar refractivity (Wildman–Crippen MR) is 68.0 cm³/mol. The zero-order chi connectivity index (χ0) is 11.4. The molecule has 0 heterocycles. The van der Waals surface area contributed by atoms with E-state index in [-0.39, 0.29) is 6.04 Å². The van der Waals surface area contributed by atoms with Gasteiger partial charge in [-0.25, -0.2) is 0 Å². The number of likely N-dealkylation sites (N-methyl/N-ethyl adjacent to an activating group) is 1. The van der Waals surface area contributed by atoms with Crippen molar-refractivity contribution in [2.24, 2.45) is 5.73 Å². The lowest BCUT2D eigenvalue weighted by molar-refractivity contribution is 0.657. The zero-order valence-corrected chi connectivity index (χ0v) is 10.5. The first kappa shape index (κ1) is 12.6. The summed E-state index contributed by atoms with van der Waals surface area (Å²) < 4.78 is 0. The summed E-state index contributed by atoms with van der Waals surface area (Å²) in [5.74, 6) is 0. The molecule has 1 unspecified atom stereocenters. The molecule has 1 atom stereocenters. The van der Waals surface area contributed by atoms with Crippen LogP contribution in [0.15, 0.2) is 18.2 Å². The highest BCUT2D eigenvalue weighted by Gasteiger charge is 2.12. The second-order valence-electron chi connectivity index (χ2n) is 3.50. The Bertz CT molecular complexity index is 308. The van der Waals surface area contributed by atoms with Gasteiger partial charge >= 0.3 is 0 Å². The van der Waals surface area contributed by atoms with Crippen LogP contribution in [0.4, 0.5) is 5.69 Å². The molecule has 1 aromatic carbocycles. The van der Waals surface area contributed by atoms with E-state index < -0.39 is 0 Å². The maximum atomic E-state index is 5.96. The molecule has 1 rings (SSSR count). The maximum Gasteiger partial charge on any atom is 0.0441 e. The SMILES string of the molecule is CCN(c1cc(Cl)cc(Cl)c1)C(C)CN. The Morgan fingerprint density at radius 2 is 1.80 bits per heavy atom. The number of anilines is 1. The fraction of sp³-hybridized carbons (Fsp3) is 0.455. The van der Waals surface area contributed by atoms with Gasteiger partial charge in [0.15, 0.2) is 0 Å². The van der Waals surface area contributed by atoms with E-state index in [0.29, 0.717) is 16.6 Å². The molecule has 0 amide bonds. The van der Waals surface area contributed by atoms with Crippen LogP contribution >= 0.6 is 23.2 Å². The van der Waals surface area contributed by atoms with E-state index in [9.17, 15) is 0 Å². The van der Waals surface area contributed by atoms with Crippen LogP contribution in [0.1, 0.15) is 13.8 Å². The third-order valence-electron chi connectivity index (χ3n) is 2.39. The van der Waals surface area contributed by atoms with Crippen molar-refractivity contribution in [3.63, 3.8) is 0 Å². The quantitative estimate of drug-likeness (QED) is 0.885. The largest absolute Gasteiger partial charge is 0.368 e. The first-order valence-corrected chi connectivity index (χ1v) is 5.76. The van der Waals surface area contributed by atoms with Gasteiger partial charge in [-0.3, -0.25) is 0 Å². The molecule has 84 valence electrons. The fourth-order valence-corrected chi connectivity index (χ4v) is 2.10. The third kappa shape index (κ3) is 3.26. The number of nitrogens with zero attached hydrogens (tertiary/aromatic N) is 1. The molecule has 0 saturated heterocycles. The van der Waals surface area contributed by atoms with Crippen molar-refractivity contribution < 1.29 is 0 Å². The zero-order valence-electron chi connectivity index (χ0n) is 9.00. The van der Waals surface area contributed by atoms with Crippen molar-refractivity contribution in [2.45, 2.75) is 19.9 Å². The highest BCUT2D eigenvalue weighted by Crippen LogP contribution is 2.26. The molecule has 1 aromatic rings. The van der Waals surface area contributed by atoms with Gasteiger partial charge in [0, 0.05) is 34.9 Å². The average Bonchev–Trinajstić information content (AvgIpc) is 2.17. The molecular weight excluding hydrogens is 231 g/mol. The second kappa shape index (κ2) is 5.59. The Labute approximate surface area is 101 Å². The second-order valence-corrected chi connectivity index (χ2v) is 4.37. The minimum Gasteiger partial charge on any atom is -0.368 e. The smallest absolute Gasteiger partial charge is 0.0441 e. The normalized spacial score (nSPS) is 12.6. The number of halogens is 2.